The maximum absolute atomic E-state index is 14.5. The minimum atomic E-state index is -0.822. The summed E-state index contributed by atoms with van der Waals surface area (Å²) in [6.07, 6.45) is 2.05. The van der Waals surface area contributed by atoms with E-state index in [4.69, 9.17) is 9.84 Å². The zero-order chi connectivity index (χ0) is 20.3. The summed E-state index contributed by atoms with van der Waals surface area (Å²) < 4.78 is 33.6. The summed E-state index contributed by atoms with van der Waals surface area (Å²) in [5.41, 5.74) is 0.396. The van der Waals surface area contributed by atoms with Gasteiger partial charge in [-0.1, -0.05) is 6.07 Å². The second-order valence-corrected chi connectivity index (χ2v) is 6.90. The summed E-state index contributed by atoms with van der Waals surface area (Å²) in [7, 11) is 1.43. The molecule has 7 heteroatoms. The van der Waals surface area contributed by atoms with E-state index in [0.29, 0.717) is 37.0 Å². The molecule has 0 spiro atoms. The predicted molar refractivity (Wildman–Crippen MR) is 99.2 cm³/mol. The predicted octanol–water partition coefficient (Wildman–Crippen LogP) is 4.01. The maximum Gasteiger partial charge on any atom is 0.306 e. The number of carboxylic acids is 1. The molecular formula is C21H21F2NO4. The van der Waals surface area contributed by atoms with Crippen molar-refractivity contribution in [2.45, 2.75) is 31.7 Å². The number of methoxy groups -OCH3 is 1. The molecule has 28 heavy (non-hydrogen) atoms. The molecule has 0 atom stereocenters. The van der Waals surface area contributed by atoms with E-state index in [1.165, 1.54) is 31.4 Å². The van der Waals surface area contributed by atoms with Gasteiger partial charge in [0.15, 0.2) is 0 Å². The van der Waals surface area contributed by atoms with Crippen LogP contribution < -0.4 is 10.1 Å². The average Bonchev–Trinajstić information content (AvgIpc) is 2.68. The van der Waals surface area contributed by atoms with Gasteiger partial charge in [-0.15, -0.1) is 0 Å². The van der Waals surface area contributed by atoms with Crippen LogP contribution in [0.15, 0.2) is 36.4 Å². The molecule has 2 aromatic rings. The van der Waals surface area contributed by atoms with E-state index in [-0.39, 0.29) is 23.1 Å². The van der Waals surface area contributed by atoms with Crippen molar-refractivity contribution in [1.82, 2.24) is 5.32 Å². The van der Waals surface area contributed by atoms with Gasteiger partial charge < -0.3 is 15.2 Å². The van der Waals surface area contributed by atoms with Gasteiger partial charge in [-0.2, -0.15) is 0 Å². The van der Waals surface area contributed by atoms with E-state index in [9.17, 15) is 18.4 Å². The van der Waals surface area contributed by atoms with Crippen molar-refractivity contribution in [2.75, 3.05) is 7.11 Å². The quantitative estimate of drug-likeness (QED) is 0.810. The highest BCUT2D eigenvalue weighted by molar-refractivity contribution is 5.95. The van der Waals surface area contributed by atoms with Crippen LogP contribution in [-0.4, -0.2) is 30.1 Å². The van der Waals surface area contributed by atoms with Gasteiger partial charge in [0.1, 0.15) is 17.4 Å². The first-order valence-corrected chi connectivity index (χ1v) is 9.06. The zero-order valence-electron chi connectivity index (χ0n) is 15.4. The second-order valence-electron chi connectivity index (χ2n) is 6.90. The minimum Gasteiger partial charge on any atom is -0.497 e. The molecule has 1 saturated carbocycles. The van der Waals surface area contributed by atoms with E-state index in [1.807, 2.05) is 0 Å². The Balaban J connectivity index is 1.70. The standard InChI is InChI=1S/C21H21F2NO4/c1-28-15-7-9-16(19(23)11-15)13-4-8-17(18(22)10-13)20(25)24-14-5-2-12(3-6-14)21(26)27/h4,7-12,14H,2-3,5-6H2,1H3,(H,24,25)(H,26,27). The lowest BCUT2D eigenvalue weighted by atomic mass is 9.86. The molecule has 1 aliphatic rings. The maximum atomic E-state index is 14.5. The van der Waals surface area contributed by atoms with Gasteiger partial charge in [-0.25, -0.2) is 8.78 Å². The SMILES string of the molecule is COc1ccc(-c2ccc(C(=O)NC3CCC(C(=O)O)CC3)c(F)c2)c(F)c1. The van der Waals surface area contributed by atoms with Crippen LogP contribution >= 0.6 is 0 Å². The summed E-state index contributed by atoms with van der Waals surface area (Å²) in [6, 6.07) is 8.04. The van der Waals surface area contributed by atoms with Gasteiger partial charge in [0.2, 0.25) is 0 Å². The zero-order valence-corrected chi connectivity index (χ0v) is 15.4. The monoisotopic (exact) mass is 389 g/mol. The summed E-state index contributed by atoms with van der Waals surface area (Å²) in [5.74, 6) is -2.70. The van der Waals surface area contributed by atoms with Gasteiger partial charge in [-0.05, 0) is 55.5 Å². The van der Waals surface area contributed by atoms with E-state index in [0.717, 1.165) is 6.07 Å². The summed E-state index contributed by atoms with van der Waals surface area (Å²) in [6.45, 7) is 0. The van der Waals surface area contributed by atoms with Crippen molar-refractivity contribution in [1.29, 1.82) is 0 Å². The number of nitrogens with one attached hydrogen (secondary N) is 1. The fourth-order valence-electron chi connectivity index (χ4n) is 3.47. The number of halogens is 2. The van der Waals surface area contributed by atoms with Gasteiger partial charge in [0.25, 0.3) is 5.91 Å². The van der Waals surface area contributed by atoms with E-state index >= 15 is 0 Å². The first-order chi connectivity index (χ1) is 13.4. The molecule has 0 aromatic heterocycles. The molecule has 3 rings (SSSR count). The van der Waals surface area contributed by atoms with Crippen molar-refractivity contribution < 1.29 is 28.2 Å². The van der Waals surface area contributed by atoms with Crippen LogP contribution in [0.4, 0.5) is 8.78 Å². The van der Waals surface area contributed by atoms with Crippen molar-refractivity contribution in [2.24, 2.45) is 5.92 Å². The Morgan fingerprint density at radius 2 is 1.75 bits per heavy atom. The highest BCUT2D eigenvalue weighted by atomic mass is 19.1. The van der Waals surface area contributed by atoms with Crippen LogP contribution in [0.2, 0.25) is 0 Å². The number of benzene rings is 2. The molecule has 1 fully saturated rings. The molecule has 0 unspecified atom stereocenters. The summed E-state index contributed by atoms with van der Waals surface area (Å²) in [5, 5.41) is 11.8. The lowest BCUT2D eigenvalue weighted by Crippen LogP contribution is -2.39. The van der Waals surface area contributed by atoms with Crippen LogP contribution in [0.3, 0.4) is 0 Å². The van der Waals surface area contributed by atoms with Gasteiger partial charge >= 0.3 is 5.97 Å². The number of amides is 1. The van der Waals surface area contributed by atoms with Crippen molar-refractivity contribution in [3.63, 3.8) is 0 Å². The lowest BCUT2D eigenvalue weighted by Gasteiger charge is -2.26. The molecule has 2 N–H and O–H groups in total. The Hall–Kier alpha value is -2.96. The van der Waals surface area contributed by atoms with Crippen LogP contribution in [0.25, 0.3) is 11.1 Å². The van der Waals surface area contributed by atoms with Gasteiger partial charge in [0, 0.05) is 17.7 Å². The van der Waals surface area contributed by atoms with E-state index in [2.05, 4.69) is 5.32 Å². The number of carboxylic acid groups (broad SMARTS) is 1. The Labute approximate surface area is 161 Å². The van der Waals surface area contributed by atoms with Gasteiger partial charge in [-0.3, -0.25) is 9.59 Å². The molecule has 0 aliphatic heterocycles. The molecule has 0 saturated heterocycles. The fourth-order valence-corrected chi connectivity index (χ4v) is 3.47. The minimum absolute atomic E-state index is 0.127. The van der Waals surface area contributed by atoms with Crippen molar-refractivity contribution in [3.8, 4) is 16.9 Å². The number of rotatable bonds is 5. The molecule has 5 nitrogen and oxygen atoms in total. The normalized spacial score (nSPS) is 19.1. The molecule has 1 amide bonds. The third-order valence-corrected chi connectivity index (χ3v) is 5.11. The molecule has 0 heterocycles. The number of hydrogen-bond donors (Lipinski definition) is 2. The van der Waals surface area contributed by atoms with Crippen molar-refractivity contribution in [3.05, 3.63) is 53.6 Å². The van der Waals surface area contributed by atoms with Crippen LogP contribution in [0.5, 0.6) is 5.75 Å². The average molecular weight is 389 g/mol. The lowest BCUT2D eigenvalue weighted by molar-refractivity contribution is -0.142. The third-order valence-electron chi connectivity index (χ3n) is 5.11. The Morgan fingerprint density at radius 1 is 1.04 bits per heavy atom. The number of carbonyl (C=O) groups is 2. The summed E-state index contributed by atoms with van der Waals surface area (Å²) in [4.78, 5) is 23.4. The largest absolute Gasteiger partial charge is 0.497 e. The highest BCUT2D eigenvalue weighted by Crippen LogP contribution is 2.28. The Kier molecular flexibility index (Phi) is 5.92. The topological polar surface area (TPSA) is 75.6 Å². The van der Waals surface area contributed by atoms with Crippen molar-refractivity contribution >= 4 is 11.9 Å². The van der Waals surface area contributed by atoms with Gasteiger partial charge in [0.05, 0.1) is 18.6 Å². The molecular weight excluding hydrogens is 368 g/mol. The number of aliphatic carboxylic acids is 1. The molecule has 2 aromatic carbocycles. The van der Waals surface area contributed by atoms with E-state index in [1.54, 1.807) is 6.07 Å². The highest BCUT2D eigenvalue weighted by Gasteiger charge is 2.27. The number of hydrogen-bond acceptors (Lipinski definition) is 3. The number of carbonyl (C=O) groups excluding carboxylic acids is 1. The molecule has 148 valence electrons. The molecule has 1 aliphatic carbocycles. The van der Waals surface area contributed by atoms with Crippen LogP contribution in [-0.2, 0) is 4.79 Å². The third kappa shape index (κ3) is 4.30. The van der Waals surface area contributed by atoms with Crippen LogP contribution in [0, 0.1) is 17.6 Å². The number of ether oxygens (including phenoxy) is 1. The summed E-state index contributed by atoms with van der Waals surface area (Å²) >= 11 is 0. The van der Waals surface area contributed by atoms with E-state index < -0.39 is 23.5 Å². The Bertz CT molecular complexity index is 892. The molecule has 0 bridgehead atoms. The first kappa shape index (κ1) is 19.8. The van der Waals surface area contributed by atoms with Crippen LogP contribution in [0.1, 0.15) is 36.0 Å². The smallest absolute Gasteiger partial charge is 0.306 e. The Morgan fingerprint density at radius 3 is 2.32 bits per heavy atom. The molecule has 0 radical (unpaired) electrons. The first-order valence-electron chi connectivity index (χ1n) is 9.06. The fraction of sp³-hybridized carbons (Fsp3) is 0.333. The second kappa shape index (κ2) is 8.37.